The summed E-state index contributed by atoms with van der Waals surface area (Å²) in [5.74, 6) is 0.178. The Labute approximate surface area is 196 Å². The van der Waals surface area contributed by atoms with E-state index < -0.39 is 5.82 Å². The van der Waals surface area contributed by atoms with Crippen LogP contribution in [0.3, 0.4) is 0 Å². The Morgan fingerprint density at radius 2 is 2.03 bits per heavy atom. The molecule has 3 atom stereocenters. The van der Waals surface area contributed by atoms with Gasteiger partial charge in [0, 0.05) is 24.1 Å². The van der Waals surface area contributed by atoms with Gasteiger partial charge in [0.05, 0.1) is 25.7 Å². The second-order valence-corrected chi connectivity index (χ2v) is 10.4. The van der Waals surface area contributed by atoms with Gasteiger partial charge in [0.25, 0.3) is 5.91 Å². The molecule has 2 saturated carbocycles. The van der Waals surface area contributed by atoms with Crippen molar-refractivity contribution in [3.63, 3.8) is 0 Å². The first-order valence-corrected chi connectivity index (χ1v) is 12.3. The third-order valence-corrected chi connectivity index (χ3v) is 7.71. The standard InChI is InChI=1S/C27H36FNO4/c1-5-27(14-17(2)10-18(3)15-27)16-33-24-13-23(28)22(12-21(24)19-6-7-19)26(31)29-9-8-20(29)11-25(30)32-4/h12-13,18-20H,2,5-11,14-16H2,1,3-4H3/t18?,20-,27?/m0/s1. The highest BCUT2D eigenvalue weighted by Gasteiger charge is 2.39. The molecule has 1 heterocycles. The topological polar surface area (TPSA) is 55.8 Å². The molecule has 33 heavy (non-hydrogen) atoms. The number of carbonyl (C=O) groups is 2. The summed E-state index contributed by atoms with van der Waals surface area (Å²) in [6.45, 7) is 9.75. The SMILES string of the molecule is C=C1CC(C)CC(CC)(COc2cc(F)c(C(=O)N3CC[C@H]3CC(=O)OC)cc2C2CC2)C1. The average Bonchev–Trinajstić information content (AvgIpc) is 3.59. The lowest BCUT2D eigenvalue weighted by Crippen LogP contribution is -2.52. The summed E-state index contributed by atoms with van der Waals surface area (Å²) in [5, 5.41) is 0. The van der Waals surface area contributed by atoms with Crippen LogP contribution in [0.2, 0.25) is 0 Å². The molecule has 5 nitrogen and oxygen atoms in total. The number of amides is 1. The summed E-state index contributed by atoms with van der Waals surface area (Å²) in [5.41, 5.74) is 2.30. The third-order valence-electron chi connectivity index (χ3n) is 7.71. The molecule has 0 bridgehead atoms. The Morgan fingerprint density at radius 3 is 2.61 bits per heavy atom. The van der Waals surface area contributed by atoms with Gasteiger partial charge < -0.3 is 14.4 Å². The van der Waals surface area contributed by atoms with Crippen LogP contribution in [-0.4, -0.2) is 43.1 Å². The average molecular weight is 458 g/mol. The molecule has 0 N–H and O–H groups in total. The molecule has 4 rings (SSSR count). The zero-order valence-electron chi connectivity index (χ0n) is 20.1. The first-order valence-electron chi connectivity index (χ1n) is 12.3. The number of nitrogens with zero attached hydrogens (tertiary/aromatic N) is 1. The Balaban J connectivity index is 1.52. The molecular weight excluding hydrogens is 421 g/mol. The maximum atomic E-state index is 15.2. The van der Waals surface area contributed by atoms with Crippen molar-refractivity contribution in [3.05, 3.63) is 41.2 Å². The molecule has 1 saturated heterocycles. The van der Waals surface area contributed by atoms with Crippen molar-refractivity contribution in [1.82, 2.24) is 4.90 Å². The number of methoxy groups -OCH3 is 1. The summed E-state index contributed by atoms with van der Waals surface area (Å²) < 4.78 is 26.2. The summed E-state index contributed by atoms with van der Waals surface area (Å²) in [7, 11) is 1.33. The van der Waals surface area contributed by atoms with Crippen LogP contribution in [0.5, 0.6) is 5.75 Å². The van der Waals surface area contributed by atoms with Crippen LogP contribution in [0.15, 0.2) is 24.3 Å². The first-order chi connectivity index (χ1) is 15.7. The molecule has 0 radical (unpaired) electrons. The van der Waals surface area contributed by atoms with E-state index in [1.807, 2.05) is 0 Å². The van der Waals surface area contributed by atoms with E-state index in [-0.39, 0.29) is 35.3 Å². The molecule has 0 spiro atoms. The second-order valence-electron chi connectivity index (χ2n) is 10.4. The second kappa shape index (κ2) is 9.47. The van der Waals surface area contributed by atoms with Crippen LogP contribution in [-0.2, 0) is 9.53 Å². The Morgan fingerprint density at radius 1 is 1.27 bits per heavy atom. The van der Waals surface area contributed by atoms with E-state index in [0.29, 0.717) is 30.7 Å². The van der Waals surface area contributed by atoms with E-state index in [1.165, 1.54) is 18.7 Å². The maximum absolute atomic E-state index is 15.2. The van der Waals surface area contributed by atoms with Gasteiger partial charge in [-0.1, -0.05) is 26.0 Å². The van der Waals surface area contributed by atoms with E-state index in [0.717, 1.165) is 50.5 Å². The molecular formula is C27H36FNO4. The minimum Gasteiger partial charge on any atom is -0.493 e. The minimum atomic E-state index is -0.560. The van der Waals surface area contributed by atoms with Crippen molar-refractivity contribution >= 4 is 11.9 Å². The van der Waals surface area contributed by atoms with Crippen molar-refractivity contribution < 1.29 is 23.5 Å². The van der Waals surface area contributed by atoms with Crippen LogP contribution in [0.25, 0.3) is 0 Å². The molecule has 2 unspecified atom stereocenters. The molecule has 0 aromatic heterocycles. The minimum absolute atomic E-state index is 0.0271. The summed E-state index contributed by atoms with van der Waals surface area (Å²) >= 11 is 0. The lowest BCUT2D eigenvalue weighted by molar-refractivity contribution is -0.142. The van der Waals surface area contributed by atoms with E-state index in [4.69, 9.17) is 9.47 Å². The van der Waals surface area contributed by atoms with Gasteiger partial charge in [-0.25, -0.2) is 4.39 Å². The number of likely N-dealkylation sites (tertiary alicyclic amines) is 1. The normalized spacial score (nSPS) is 27.2. The molecule has 3 fully saturated rings. The molecule has 3 aliphatic rings. The van der Waals surface area contributed by atoms with Crippen molar-refractivity contribution in [2.24, 2.45) is 11.3 Å². The van der Waals surface area contributed by atoms with E-state index >= 15 is 4.39 Å². The highest BCUT2D eigenvalue weighted by molar-refractivity contribution is 5.96. The lowest BCUT2D eigenvalue weighted by Gasteiger charge is -2.41. The van der Waals surface area contributed by atoms with E-state index in [9.17, 15) is 9.59 Å². The van der Waals surface area contributed by atoms with Crippen molar-refractivity contribution in [1.29, 1.82) is 0 Å². The number of benzene rings is 1. The molecule has 2 aliphatic carbocycles. The molecule has 1 aromatic carbocycles. The quantitative estimate of drug-likeness (QED) is 0.375. The van der Waals surface area contributed by atoms with Crippen molar-refractivity contribution in [2.75, 3.05) is 20.3 Å². The Kier molecular flexibility index (Phi) is 6.83. The summed E-state index contributed by atoms with van der Waals surface area (Å²) in [6, 6.07) is 2.87. The van der Waals surface area contributed by atoms with Gasteiger partial charge in [-0.15, -0.1) is 0 Å². The number of esters is 1. The first kappa shape index (κ1) is 23.8. The number of ether oxygens (including phenoxy) is 2. The highest BCUT2D eigenvalue weighted by Crippen LogP contribution is 2.48. The summed E-state index contributed by atoms with van der Waals surface area (Å²) in [4.78, 5) is 26.3. The van der Waals surface area contributed by atoms with Gasteiger partial charge in [-0.05, 0) is 68.4 Å². The van der Waals surface area contributed by atoms with E-state index in [1.54, 1.807) is 11.0 Å². The lowest BCUT2D eigenvalue weighted by atomic mass is 9.67. The van der Waals surface area contributed by atoms with Gasteiger partial charge in [0.15, 0.2) is 0 Å². The van der Waals surface area contributed by atoms with Crippen LogP contribution in [0, 0.1) is 17.2 Å². The number of rotatable bonds is 8. The Bertz CT molecular complexity index is 940. The third kappa shape index (κ3) is 5.10. The van der Waals surface area contributed by atoms with E-state index in [2.05, 4.69) is 20.4 Å². The van der Waals surface area contributed by atoms with Crippen molar-refractivity contribution in [2.45, 2.75) is 77.2 Å². The predicted octanol–water partition coefficient (Wildman–Crippen LogP) is 5.63. The van der Waals surface area contributed by atoms with Crippen molar-refractivity contribution in [3.8, 4) is 5.75 Å². The molecule has 6 heteroatoms. The predicted molar refractivity (Wildman–Crippen MR) is 125 cm³/mol. The maximum Gasteiger partial charge on any atom is 0.307 e. The summed E-state index contributed by atoms with van der Waals surface area (Å²) in [6.07, 6.45) is 7.00. The molecule has 1 aromatic rings. The van der Waals surface area contributed by atoms with Gasteiger partial charge in [0.1, 0.15) is 11.6 Å². The highest BCUT2D eigenvalue weighted by atomic mass is 19.1. The van der Waals surface area contributed by atoms with Gasteiger partial charge in [-0.2, -0.15) is 0 Å². The zero-order valence-corrected chi connectivity index (χ0v) is 20.1. The van der Waals surface area contributed by atoms with Gasteiger partial charge in [-0.3, -0.25) is 9.59 Å². The number of carbonyl (C=O) groups excluding carboxylic acids is 2. The fourth-order valence-corrected chi connectivity index (χ4v) is 5.62. The Hall–Kier alpha value is -2.37. The number of hydrogen-bond acceptors (Lipinski definition) is 4. The zero-order chi connectivity index (χ0) is 23.8. The smallest absolute Gasteiger partial charge is 0.307 e. The fourth-order valence-electron chi connectivity index (χ4n) is 5.62. The monoisotopic (exact) mass is 457 g/mol. The number of allylic oxidation sites excluding steroid dienone is 1. The van der Waals surface area contributed by atoms with Gasteiger partial charge >= 0.3 is 5.97 Å². The van der Waals surface area contributed by atoms with Crippen LogP contribution >= 0.6 is 0 Å². The number of halogens is 1. The van der Waals surface area contributed by atoms with Gasteiger partial charge in [0.2, 0.25) is 0 Å². The van der Waals surface area contributed by atoms with Crippen LogP contribution in [0.4, 0.5) is 4.39 Å². The molecule has 1 amide bonds. The van der Waals surface area contributed by atoms with Crippen LogP contribution < -0.4 is 4.74 Å². The number of hydrogen-bond donors (Lipinski definition) is 0. The molecule has 180 valence electrons. The fraction of sp³-hybridized carbons (Fsp3) is 0.630. The van der Waals surface area contributed by atoms with Crippen LogP contribution in [0.1, 0.15) is 87.1 Å². The molecule has 1 aliphatic heterocycles. The largest absolute Gasteiger partial charge is 0.493 e.